The van der Waals surface area contributed by atoms with Crippen molar-refractivity contribution in [3.63, 3.8) is 0 Å². The van der Waals surface area contributed by atoms with Crippen molar-refractivity contribution >= 4 is 11.6 Å². The van der Waals surface area contributed by atoms with E-state index < -0.39 is 0 Å². The Balaban J connectivity index is 2.84. The summed E-state index contributed by atoms with van der Waals surface area (Å²) < 4.78 is 6.48. The van der Waals surface area contributed by atoms with Crippen molar-refractivity contribution in [2.45, 2.75) is 25.8 Å². The molecule has 0 saturated heterocycles. The smallest absolute Gasteiger partial charge is 0.271 e. The van der Waals surface area contributed by atoms with Gasteiger partial charge in [-0.05, 0) is 12.8 Å². The zero-order valence-electron chi connectivity index (χ0n) is 11.6. The number of ether oxygens (including phenoxy) is 1. The van der Waals surface area contributed by atoms with Crippen LogP contribution < -0.4 is 11.1 Å². The van der Waals surface area contributed by atoms with Crippen LogP contribution in [-0.4, -0.2) is 47.2 Å². The van der Waals surface area contributed by atoms with Gasteiger partial charge < -0.3 is 20.9 Å². The molecule has 19 heavy (non-hydrogen) atoms. The molecule has 1 heterocycles. The first-order valence-electron chi connectivity index (χ1n) is 6.27. The first-order valence-corrected chi connectivity index (χ1v) is 6.27. The summed E-state index contributed by atoms with van der Waals surface area (Å²) in [7, 11) is 3.23. The van der Waals surface area contributed by atoms with E-state index in [9.17, 15) is 4.79 Å². The van der Waals surface area contributed by atoms with Gasteiger partial charge in [0, 0.05) is 20.8 Å². The van der Waals surface area contributed by atoms with E-state index in [-0.39, 0.29) is 18.6 Å². The van der Waals surface area contributed by atoms with Crippen molar-refractivity contribution in [1.29, 1.82) is 0 Å². The highest BCUT2D eigenvalue weighted by atomic mass is 16.5. The molecule has 0 bridgehead atoms. The minimum atomic E-state index is -0.303. The van der Waals surface area contributed by atoms with Crippen LogP contribution in [0.15, 0.2) is 0 Å². The lowest BCUT2D eigenvalue weighted by Crippen LogP contribution is -2.39. The summed E-state index contributed by atoms with van der Waals surface area (Å²) in [6, 6.07) is -0.248. The summed E-state index contributed by atoms with van der Waals surface area (Å²) in [6.07, 6.45) is 1.10. The third-order valence-electron chi connectivity index (χ3n) is 2.89. The Morgan fingerprint density at radius 3 is 2.79 bits per heavy atom. The number of methoxy groups -OCH3 is 1. The fourth-order valence-corrected chi connectivity index (χ4v) is 1.93. The van der Waals surface area contributed by atoms with E-state index in [4.69, 9.17) is 15.6 Å². The summed E-state index contributed by atoms with van der Waals surface area (Å²) >= 11 is 0. The molecular formula is C12H22N4O3. The Morgan fingerprint density at radius 2 is 2.32 bits per heavy atom. The lowest BCUT2D eigenvalue weighted by Gasteiger charge is -2.17. The number of aryl methyl sites for hydroxylation is 2. The molecule has 4 N–H and O–H groups in total. The minimum Gasteiger partial charge on any atom is -0.396 e. The molecule has 1 rings (SSSR count). The molecule has 0 radical (unpaired) electrons. The fourth-order valence-electron chi connectivity index (χ4n) is 1.93. The van der Waals surface area contributed by atoms with Crippen molar-refractivity contribution in [3.8, 4) is 0 Å². The highest BCUT2D eigenvalue weighted by Gasteiger charge is 2.21. The average molecular weight is 270 g/mol. The van der Waals surface area contributed by atoms with Gasteiger partial charge >= 0.3 is 0 Å². The molecule has 1 aromatic rings. The normalized spacial score (nSPS) is 12.4. The van der Waals surface area contributed by atoms with Gasteiger partial charge in [0.15, 0.2) is 0 Å². The summed E-state index contributed by atoms with van der Waals surface area (Å²) in [5.74, 6) is -0.303. The zero-order valence-corrected chi connectivity index (χ0v) is 11.6. The SMILES string of the molecule is CCc1nn(C)c(C(=O)NC(CCO)COC)c1N. The largest absolute Gasteiger partial charge is 0.396 e. The van der Waals surface area contributed by atoms with E-state index in [0.717, 1.165) is 0 Å². The van der Waals surface area contributed by atoms with Gasteiger partial charge in [-0.2, -0.15) is 5.10 Å². The highest BCUT2D eigenvalue weighted by Crippen LogP contribution is 2.16. The molecule has 0 aliphatic carbocycles. The number of carbonyl (C=O) groups is 1. The maximum absolute atomic E-state index is 12.2. The second kappa shape index (κ2) is 7.10. The van der Waals surface area contributed by atoms with Gasteiger partial charge in [-0.3, -0.25) is 9.48 Å². The number of nitrogen functional groups attached to an aromatic ring is 1. The summed E-state index contributed by atoms with van der Waals surface area (Å²) in [5.41, 5.74) is 7.37. The van der Waals surface area contributed by atoms with Crippen LogP contribution in [-0.2, 0) is 18.2 Å². The van der Waals surface area contributed by atoms with E-state index in [1.807, 2.05) is 6.92 Å². The predicted molar refractivity (Wildman–Crippen MR) is 71.8 cm³/mol. The quantitative estimate of drug-likeness (QED) is 0.631. The second-order valence-electron chi connectivity index (χ2n) is 4.32. The third kappa shape index (κ3) is 3.68. The molecule has 1 amide bonds. The number of hydrogen-bond donors (Lipinski definition) is 3. The number of carbonyl (C=O) groups excluding carboxylic acids is 1. The molecule has 1 unspecified atom stereocenters. The first-order chi connectivity index (χ1) is 9.04. The van der Waals surface area contributed by atoms with Crippen molar-refractivity contribution in [3.05, 3.63) is 11.4 Å². The van der Waals surface area contributed by atoms with Crippen LogP contribution in [0.3, 0.4) is 0 Å². The maximum Gasteiger partial charge on any atom is 0.271 e. The molecule has 0 fully saturated rings. The molecule has 108 valence electrons. The number of aromatic nitrogens is 2. The summed E-state index contributed by atoms with van der Waals surface area (Å²) in [5, 5.41) is 15.9. The number of nitrogens with two attached hydrogens (primary N) is 1. The van der Waals surface area contributed by atoms with Gasteiger partial charge in [0.05, 0.1) is 24.0 Å². The van der Waals surface area contributed by atoms with Gasteiger partial charge in [0.2, 0.25) is 0 Å². The van der Waals surface area contributed by atoms with Crippen LogP contribution in [0.4, 0.5) is 5.69 Å². The van der Waals surface area contributed by atoms with Gasteiger partial charge in [-0.1, -0.05) is 6.92 Å². The Labute approximate surface area is 112 Å². The third-order valence-corrected chi connectivity index (χ3v) is 2.89. The molecule has 0 aliphatic heterocycles. The fraction of sp³-hybridized carbons (Fsp3) is 0.667. The summed E-state index contributed by atoms with van der Waals surface area (Å²) in [6.45, 7) is 2.25. The van der Waals surface area contributed by atoms with E-state index in [1.54, 1.807) is 14.2 Å². The molecule has 0 aromatic carbocycles. The van der Waals surface area contributed by atoms with E-state index >= 15 is 0 Å². The van der Waals surface area contributed by atoms with Crippen LogP contribution >= 0.6 is 0 Å². The number of amides is 1. The maximum atomic E-state index is 12.2. The Morgan fingerprint density at radius 1 is 1.63 bits per heavy atom. The van der Waals surface area contributed by atoms with Crippen molar-refractivity contribution in [2.75, 3.05) is 26.1 Å². The lowest BCUT2D eigenvalue weighted by atomic mass is 10.2. The monoisotopic (exact) mass is 270 g/mol. The average Bonchev–Trinajstić information content (AvgIpc) is 2.64. The predicted octanol–water partition coefficient (Wildman–Crippen LogP) is -0.308. The van der Waals surface area contributed by atoms with Crippen molar-refractivity contribution in [2.24, 2.45) is 7.05 Å². The number of aliphatic hydroxyl groups is 1. The van der Waals surface area contributed by atoms with E-state index in [0.29, 0.717) is 36.5 Å². The molecule has 0 saturated carbocycles. The number of nitrogens with one attached hydrogen (secondary N) is 1. The van der Waals surface area contributed by atoms with Gasteiger partial charge in [-0.15, -0.1) is 0 Å². The number of nitrogens with zero attached hydrogens (tertiary/aromatic N) is 2. The lowest BCUT2D eigenvalue weighted by molar-refractivity contribution is 0.0870. The molecule has 1 atom stereocenters. The van der Waals surface area contributed by atoms with Crippen LogP contribution in [0.5, 0.6) is 0 Å². The Bertz CT molecular complexity index is 425. The summed E-state index contributed by atoms with van der Waals surface area (Å²) in [4.78, 5) is 12.2. The standard InChI is InChI=1S/C12H22N4O3/c1-4-9-10(13)11(16(2)15-9)12(18)14-8(5-6-17)7-19-3/h8,17H,4-7,13H2,1-3H3,(H,14,18). The van der Waals surface area contributed by atoms with Gasteiger partial charge in [0.1, 0.15) is 5.69 Å². The number of rotatable bonds is 7. The van der Waals surface area contributed by atoms with Crippen LogP contribution in [0.1, 0.15) is 29.5 Å². The molecular weight excluding hydrogens is 248 g/mol. The van der Waals surface area contributed by atoms with Crippen LogP contribution in [0.2, 0.25) is 0 Å². The highest BCUT2D eigenvalue weighted by molar-refractivity contribution is 5.98. The van der Waals surface area contributed by atoms with Crippen LogP contribution in [0.25, 0.3) is 0 Å². The Hall–Kier alpha value is -1.60. The number of anilines is 1. The second-order valence-corrected chi connectivity index (χ2v) is 4.32. The molecule has 7 heteroatoms. The van der Waals surface area contributed by atoms with Gasteiger partial charge in [0.25, 0.3) is 5.91 Å². The molecule has 1 aromatic heterocycles. The first kappa shape index (κ1) is 15.5. The molecule has 7 nitrogen and oxygen atoms in total. The topological polar surface area (TPSA) is 102 Å². The van der Waals surface area contributed by atoms with E-state index in [2.05, 4.69) is 10.4 Å². The van der Waals surface area contributed by atoms with E-state index in [1.165, 1.54) is 4.68 Å². The molecule has 0 spiro atoms. The number of aliphatic hydroxyl groups excluding tert-OH is 1. The van der Waals surface area contributed by atoms with Gasteiger partial charge in [-0.25, -0.2) is 0 Å². The van der Waals surface area contributed by atoms with Crippen molar-refractivity contribution < 1.29 is 14.6 Å². The molecule has 0 aliphatic rings. The minimum absolute atomic E-state index is 0.0185. The van der Waals surface area contributed by atoms with Crippen LogP contribution in [0, 0.1) is 0 Å². The Kier molecular flexibility index (Phi) is 5.78. The zero-order chi connectivity index (χ0) is 14.4. The number of hydrogen-bond acceptors (Lipinski definition) is 5. The van der Waals surface area contributed by atoms with Crippen molar-refractivity contribution in [1.82, 2.24) is 15.1 Å².